The van der Waals surface area contributed by atoms with Gasteiger partial charge in [-0.2, -0.15) is 17.5 Å². The maximum absolute atomic E-state index is 12.9. The lowest BCUT2D eigenvalue weighted by Crippen LogP contribution is -2.53. The van der Waals surface area contributed by atoms with Crippen LogP contribution in [-0.2, 0) is 14.8 Å². The van der Waals surface area contributed by atoms with Gasteiger partial charge in [0.25, 0.3) is 0 Å². The van der Waals surface area contributed by atoms with E-state index in [-0.39, 0.29) is 31.1 Å². The fourth-order valence-corrected chi connectivity index (χ4v) is 4.46. The molecule has 1 saturated heterocycles. The third-order valence-electron chi connectivity index (χ3n) is 4.59. The second kappa shape index (κ2) is 9.18. The van der Waals surface area contributed by atoms with Gasteiger partial charge in [-0.1, -0.05) is 0 Å². The molecule has 3 rings (SSSR count). The predicted octanol–water partition coefficient (Wildman–Crippen LogP) is 0.152. The molecule has 0 aromatic heterocycles. The Balaban J connectivity index is 1.50. The van der Waals surface area contributed by atoms with Crippen LogP contribution in [0, 0.1) is 0 Å². The number of rotatable bonds is 5. The summed E-state index contributed by atoms with van der Waals surface area (Å²) >= 11 is 0. The third kappa shape index (κ3) is 5.91. The molecule has 2 aliphatic rings. The summed E-state index contributed by atoms with van der Waals surface area (Å²) in [5, 5.41) is 3.64. The van der Waals surface area contributed by atoms with Crippen LogP contribution in [0.5, 0.6) is 11.5 Å². The number of hydrogen-bond donors (Lipinski definition) is 2. The molecule has 3 amide bonds. The number of benzene rings is 1. The van der Waals surface area contributed by atoms with Crippen LogP contribution in [0.2, 0.25) is 0 Å². The minimum absolute atomic E-state index is 0.0305. The molecule has 0 aliphatic carbocycles. The summed E-state index contributed by atoms with van der Waals surface area (Å²) < 4.78 is 74.0. The van der Waals surface area contributed by atoms with Gasteiger partial charge in [0.15, 0.2) is 11.5 Å². The van der Waals surface area contributed by atoms with Gasteiger partial charge >= 0.3 is 12.2 Å². The second-order valence-electron chi connectivity index (χ2n) is 6.74. The van der Waals surface area contributed by atoms with Crippen molar-refractivity contribution in [1.29, 1.82) is 0 Å². The van der Waals surface area contributed by atoms with Crippen molar-refractivity contribution < 1.29 is 40.7 Å². The van der Waals surface area contributed by atoms with E-state index in [2.05, 4.69) is 0 Å². The quantitative estimate of drug-likeness (QED) is 0.638. The van der Waals surface area contributed by atoms with E-state index >= 15 is 0 Å². The summed E-state index contributed by atoms with van der Waals surface area (Å²) in [5.41, 5.74) is 0. The minimum Gasteiger partial charge on any atom is -0.486 e. The molecular formula is C17H21F3N4O6S. The highest BCUT2D eigenvalue weighted by Crippen LogP contribution is 2.33. The van der Waals surface area contributed by atoms with Gasteiger partial charge in [0, 0.05) is 32.2 Å². The van der Waals surface area contributed by atoms with E-state index in [9.17, 15) is 31.2 Å². The van der Waals surface area contributed by atoms with Crippen LogP contribution < -0.4 is 20.1 Å². The zero-order valence-corrected chi connectivity index (χ0v) is 17.1. The highest BCUT2D eigenvalue weighted by atomic mass is 32.2. The SMILES string of the molecule is O=C(NCC(=O)N1CCN(S(=O)(=O)c2ccc3c(c2)OCCO3)CC1)NCC(F)(F)F. The molecule has 31 heavy (non-hydrogen) atoms. The van der Waals surface area contributed by atoms with Crippen molar-refractivity contribution in [2.45, 2.75) is 11.1 Å². The maximum atomic E-state index is 12.9. The van der Waals surface area contributed by atoms with Crippen LogP contribution in [0.15, 0.2) is 23.1 Å². The summed E-state index contributed by atoms with van der Waals surface area (Å²) in [6.45, 7) is -1.09. The van der Waals surface area contributed by atoms with E-state index in [0.29, 0.717) is 24.7 Å². The molecule has 2 heterocycles. The van der Waals surface area contributed by atoms with Crippen LogP contribution in [0.4, 0.5) is 18.0 Å². The first-order valence-electron chi connectivity index (χ1n) is 9.32. The molecule has 1 fully saturated rings. The largest absolute Gasteiger partial charge is 0.486 e. The Morgan fingerprint density at radius 3 is 2.29 bits per heavy atom. The number of hydrogen-bond acceptors (Lipinski definition) is 6. The number of ether oxygens (including phenoxy) is 2. The number of amides is 3. The highest BCUT2D eigenvalue weighted by molar-refractivity contribution is 7.89. The fourth-order valence-electron chi connectivity index (χ4n) is 3.02. The molecule has 1 aromatic rings. The first-order chi connectivity index (χ1) is 14.6. The van der Waals surface area contributed by atoms with Gasteiger partial charge in [-0.25, -0.2) is 13.2 Å². The standard InChI is InChI=1S/C17H21F3N4O6S/c18-17(19,20)11-22-16(26)21-10-15(25)23-3-5-24(6-4-23)31(27,28)12-1-2-13-14(9-12)30-8-7-29-13/h1-2,9H,3-8,10-11H2,(H2,21,22,26). The van der Waals surface area contributed by atoms with Crippen LogP contribution in [0.25, 0.3) is 0 Å². The molecule has 1 aromatic carbocycles. The first-order valence-corrected chi connectivity index (χ1v) is 10.8. The number of alkyl halides is 3. The molecule has 0 radical (unpaired) electrons. The number of nitrogens with zero attached hydrogens (tertiary/aromatic N) is 2. The van der Waals surface area contributed by atoms with Gasteiger partial charge < -0.3 is 25.0 Å². The van der Waals surface area contributed by atoms with Crippen molar-refractivity contribution in [3.05, 3.63) is 18.2 Å². The van der Waals surface area contributed by atoms with Crippen molar-refractivity contribution >= 4 is 22.0 Å². The Kier molecular flexibility index (Phi) is 6.79. The molecule has 14 heteroatoms. The van der Waals surface area contributed by atoms with Crippen molar-refractivity contribution in [2.24, 2.45) is 0 Å². The Bertz CT molecular complexity index is 932. The number of carbonyl (C=O) groups is 2. The Hall–Kier alpha value is -2.74. The van der Waals surface area contributed by atoms with E-state index in [1.165, 1.54) is 27.4 Å². The number of piperazine rings is 1. The number of halogens is 3. The molecule has 0 bridgehead atoms. The zero-order chi connectivity index (χ0) is 22.6. The van der Waals surface area contributed by atoms with Gasteiger partial charge in [0.2, 0.25) is 15.9 Å². The predicted molar refractivity (Wildman–Crippen MR) is 100 cm³/mol. The number of fused-ring (bicyclic) bond motifs is 1. The number of urea groups is 1. The average molecular weight is 466 g/mol. The highest BCUT2D eigenvalue weighted by Gasteiger charge is 2.31. The minimum atomic E-state index is -4.56. The van der Waals surface area contributed by atoms with Crippen LogP contribution in [-0.4, -0.2) is 88.2 Å². The van der Waals surface area contributed by atoms with Gasteiger partial charge in [-0.3, -0.25) is 4.79 Å². The molecular weight excluding hydrogens is 445 g/mol. The van der Waals surface area contributed by atoms with Gasteiger partial charge in [0.1, 0.15) is 19.8 Å². The Morgan fingerprint density at radius 2 is 1.65 bits per heavy atom. The summed E-state index contributed by atoms with van der Waals surface area (Å²) in [6, 6.07) is 3.22. The number of carbonyl (C=O) groups excluding carboxylic acids is 2. The third-order valence-corrected chi connectivity index (χ3v) is 6.49. The molecule has 2 aliphatic heterocycles. The van der Waals surface area contributed by atoms with E-state index in [0.717, 1.165) is 0 Å². The molecule has 0 atom stereocenters. The fraction of sp³-hybridized carbons (Fsp3) is 0.529. The van der Waals surface area contributed by atoms with Crippen molar-refractivity contribution in [3.63, 3.8) is 0 Å². The van der Waals surface area contributed by atoms with Crippen molar-refractivity contribution in [3.8, 4) is 11.5 Å². The summed E-state index contributed by atoms with van der Waals surface area (Å²) in [5.74, 6) is 0.280. The van der Waals surface area contributed by atoms with E-state index in [1.807, 2.05) is 5.32 Å². The monoisotopic (exact) mass is 466 g/mol. The van der Waals surface area contributed by atoms with Crippen LogP contribution in [0.1, 0.15) is 0 Å². The lowest BCUT2D eigenvalue weighted by Gasteiger charge is -2.34. The van der Waals surface area contributed by atoms with Crippen LogP contribution >= 0.6 is 0 Å². The zero-order valence-electron chi connectivity index (χ0n) is 16.3. The molecule has 172 valence electrons. The van der Waals surface area contributed by atoms with Crippen LogP contribution in [0.3, 0.4) is 0 Å². The maximum Gasteiger partial charge on any atom is 0.405 e. The molecule has 0 saturated carbocycles. The van der Waals surface area contributed by atoms with Gasteiger partial charge in [0.05, 0.1) is 11.4 Å². The van der Waals surface area contributed by atoms with Gasteiger partial charge in [-0.05, 0) is 12.1 Å². The Morgan fingerprint density at radius 1 is 1.00 bits per heavy atom. The lowest BCUT2D eigenvalue weighted by atomic mass is 10.3. The normalized spacial score (nSPS) is 17.2. The summed E-state index contributed by atoms with van der Waals surface area (Å²) in [6.07, 6.45) is -4.56. The average Bonchev–Trinajstić information content (AvgIpc) is 2.75. The summed E-state index contributed by atoms with van der Waals surface area (Å²) in [4.78, 5) is 24.8. The number of nitrogens with one attached hydrogen (secondary N) is 2. The molecule has 0 unspecified atom stereocenters. The van der Waals surface area contributed by atoms with Crippen molar-refractivity contribution in [1.82, 2.24) is 19.8 Å². The summed E-state index contributed by atoms with van der Waals surface area (Å²) in [7, 11) is -3.82. The first kappa shape index (κ1) is 22.9. The topological polar surface area (TPSA) is 117 Å². The van der Waals surface area contributed by atoms with E-state index in [1.54, 1.807) is 5.32 Å². The molecule has 0 spiro atoms. The van der Waals surface area contributed by atoms with E-state index < -0.39 is 41.2 Å². The number of sulfonamides is 1. The van der Waals surface area contributed by atoms with Crippen molar-refractivity contribution in [2.75, 3.05) is 52.5 Å². The van der Waals surface area contributed by atoms with Gasteiger partial charge in [-0.15, -0.1) is 0 Å². The molecule has 2 N–H and O–H groups in total. The lowest BCUT2D eigenvalue weighted by molar-refractivity contribution is -0.131. The second-order valence-corrected chi connectivity index (χ2v) is 8.68. The van der Waals surface area contributed by atoms with E-state index in [4.69, 9.17) is 9.47 Å². The molecule has 10 nitrogen and oxygen atoms in total. The smallest absolute Gasteiger partial charge is 0.405 e. The Labute approximate surface area is 176 Å².